The van der Waals surface area contributed by atoms with Crippen LogP contribution in [0.25, 0.3) is 0 Å². The van der Waals surface area contributed by atoms with E-state index in [1.807, 2.05) is 13.8 Å². The summed E-state index contributed by atoms with van der Waals surface area (Å²) in [5, 5.41) is 0. The summed E-state index contributed by atoms with van der Waals surface area (Å²) in [6.07, 6.45) is 5.69. The van der Waals surface area contributed by atoms with Gasteiger partial charge in [0.2, 0.25) is 0 Å². The highest BCUT2D eigenvalue weighted by Crippen LogP contribution is 2.13. The van der Waals surface area contributed by atoms with Gasteiger partial charge in [-0.05, 0) is 12.8 Å². The van der Waals surface area contributed by atoms with Crippen LogP contribution in [0.4, 0.5) is 0 Å². The molecule has 0 aromatic heterocycles. The quantitative estimate of drug-likeness (QED) is 0.481. The third kappa shape index (κ3) is 7.14. The zero-order valence-corrected chi connectivity index (χ0v) is 11.6. The van der Waals surface area contributed by atoms with Crippen LogP contribution in [0.3, 0.4) is 0 Å². The van der Waals surface area contributed by atoms with Crippen molar-refractivity contribution in [2.24, 2.45) is 11.8 Å². The van der Waals surface area contributed by atoms with Crippen molar-refractivity contribution in [2.45, 2.75) is 66.2 Å². The minimum absolute atomic E-state index is 0.169. The molecule has 0 unspecified atom stereocenters. The van der Waals surface area contributed by atoms with Crippen molar-refractivity contribution < 1.29 is 14.3 Å². The van der Waals surface area contributed by atoms with E-state index in [1.54, 1.807) is 0 Å². The van der Waals surface area contributed by atoms with E-state index in [4.69, 9.17) is 4.74 Å². The standard InChI is InChI=1S/C14H26O3/c1-5-7-9-11(3)13(15)17-14(16)12(4)10-8-6-2/h11-12H,5-10H2,1-4H3/t11-,12-/m1/s1. The SMILES string of the molecule is CCCC[C@@H](C)C(=O)OC(=O)[C@H](C)CCCC. The fraction of sp³-hybridized carbons (Fsp3) is 0.857. The lowest BCUT2D eigenvalue weighted by Gasteiger charge is -2.12. The van der Waals surface area contributed by atoms with Crippen LogP contribution in [-0.2, 0) is 14.3 Å². The summed E-state index contributed by atoms with van der Waals surface area (Å²) in [4.78, 5) is 23.2. The monoisotopic (exact) mass is 242 g/mol. The Hall–Kier alpha value is -0.860. The van der Waals surface area contributed by atoms with Gasteiger partial charge in [-0.1, -0.05) is 53.4 Å². The highest BCUT2D eigenvalue weighted by molar-refractivity contribution is 5.87. The third-order valence-corrected chi connectivity index (χ3v) is 2.99. The lowest BCUT2D eigenvalue weighted by molar-refractivity contribution is -0.165. The lowest BCUT2D eigenvalue weighted by atomic mass is 10.0. The Morgan fingerprint density at radius 2 is 1.24 bits per heavy atom. The molecular formula is C14H26O3. The van der Waals surface area contributed by atoms with Crippen molar-refractivity contribution in [3.63, 3.8) is 0 Å². The fourth-order valence-electron chi connectivity index (χ4n) is 1.56. The molecule has 0 aliphatic carbocycles. The summed E-state index contributed by atoms with van der Waals surface area (Å²) in [5.41, 5.74) is 0. The van der Waals surface area contributed by atoms with Gasteiger partial charge in [0.05, 0.1) is 11.8 Å². The third-order valence-electron chi connectivity index (χ3n) is 2.99. The van der Waals surface area contributed by atoms with Gasteiger partial charge in [-0.3, -0.25) is 9.59 Å². The molecule has 0 aliphatic rings. The first-order chi connectivity index (χ1) is 8.02. The molecule has 0 aromatic carbocycles. The van der Waals surface area contributed by atoms with Crippen molar-refractivity contribution in [1.29, 1.82) is 0 Å². The van der Waals surface area contributed by atoms with Gasteiger partial charge in [0.25, 0.3) is 0 Å². The fourth-order valence-corrected chi connectivity index (χ4v) is 1.56. The second kappa shape index (κ2) is 9.20. The van der Waals surface area contributed by atoms with E-state index >= 15 is 0 Å². The van der Waals surface area contributed by atoms with Crippen molar-refractivity contribution >= 4 is 11.9 Å². The second-order valence-electron chi connectivity index (χ2n) is 4.83. The van der Waals surface area contributed by atoms with Gasteiger partial charge in [-0.15, -0.1) is 0 Å². The van der Waals surface area contributed by atoms with Crippen molar-refractivity contribution in [3.8, 4) is 0 Å². The van der Waals surface area contributed by atoms with Crippen LogP contribution in [0.2, 0.25) is 0 Å². The van der Waals surface area contributed by atoms with E-state index in [0.29, 0.717) is 0 Å². The maximum absolute atomic E-state index is 11.6. The molecule has 17 heavy (non-hydrogen) atoms. The summed E-state index contributed by atoms with van der Waals surface area (Å²) < 4.78 is 4.89. The Morgan fingerprint density at radius 1 is 0.882 bits per heavy atom. The summed E-state index contributed by atoms with van der Waals surface area (Å²) in [6.45, 7) is 7.80. The van der Waals surface area contributed by atoms with Gasteiger partial charge in [0.15, 0.2) is 0 Å². The highest BCUT2D eigenvalue weighted by Gasteiger charge is 2.21. The van der Waals surface area contributed by atoms with E-state index < -0.39 is 0 Å². The Bertz CT molecular complexity index is 212. The van der Waals surface area contributed by atoms with Gasteiger partial charge < -0.3 is 4.74 Å². The Labute approximate surface area is 105 Å². The van der Waals surface area contributed by atoms with E-state index in [1.165, 1.54) is 0 Å². The molecule has 3 heteroatoms. The first kappa shape index (κ1) is 16.1. The van der Waals surface area contributed by atoms with E-state index in [-0.39, 0.29) is 23.8 Å². The van der Waals surface area contributed by atoms with Crippen molar-refractivity contribution in [2.75, 3.05) is 0 Å². The Balaban J connectivity index is 3.97. The zero-order valence-electron chi connectivity index (χ0n) is 11.6. The average molecular weight is 242 g/mol. The van der Waals surface area contributed by atoms with Gasteiger partial charge in [0, 0.05) is 0 Å². The molecule has 0 saturated carbocycles. The highest BCUT2D eigenvalue weighted by atomic mass is 16.6. The molecule has 3 nitrogen and oxygen atoms in total. The van der Waals surface area contributed by atoms with Gasteiger partial charge in [-0.2, -0.15) is 0 Å². The van der Waals surface area contributed by atoms with Crippen LogP contribution in [0.5, 0.6) is 0 Å². The number of carbonyl (C=O) groups excluding carboxylic acids is 2. The van der Waals surface area contributed by atoms with E-state index in [2.05, 4.69) is 13.8 Å². The molecule has 0 aliphatic heterocycles. The average Bonchev–Trinajstić information content (AvgIpc) is 2.32. The minimum Gasteiger partial charge on any atom is -0.393 e. The Kier molecular flexibility index (Phi) is 8.73. The molecule has 0 aromatic rings. The molecule has 0 saturated heterocycles. The second-order valence-corrected chi connectivity index (χ2v) is 4.83. The number of ether oxygens (including phenoxy) is 1. The van der Waals surface area contributed by atoms with Crippen LogP contribution >= 0.6 is 0 Å². The maximum Gasteiger partial charge on any atom is 0.316 e. The normalized spacial score (nSPS) is 14.1. The van der Waals surface area contributed by atoms with Crippen LogP contribution in [0.1, 0.15) is 66.2 Å². The van der Waals surface area contributed by atoms with Gasteiger partial charge >= 0.3 is 11.9 Å². The van der Waals surface area contributed by atoms with E-state index in [0.717, 1.165) is 38.5 Å². The molecule has 0 radical (unpaired) electrons. The smallest absolute Gasteiger partial charge is 0.316 e. The van der Waals surface area contributed by atoms with Gasteiger partial charge in [-0.25, -0.2) is 0 Å². The first-order valence-electron chi connectivity index (χ1n) is 6.78. The molecule has 2 atom stereocenters. The van der Waals surface area contributed by atoms with Crippen LogP contribution < -0.4 is 0 Å². The largest absolute Gasteiger partial charge is 0.393 e. The molecule has 0 amide bonds. The zero-order chi connectivity index (χ0) is 13.3. The number of carbonyl (C=O) groups is 2. The molecule has 0 N–H and O–H groups in total. The maximum atomic E-state index is 11.6. The molecule has 0 fully saturated rings. The van der Waals surface area contributed by atoms with Crippen LogP contribution in [0, 0.1) is 11.8 Å². The molecule has 0 rings (SSSR count). The molecule has 0 spiro atoms. The molecule has 100 valence electrons. The summed E-state index contributed by atoms with van der Waals surface area (Å²) in [7, 11) is 0. The van der Waals surface area contributed by atoms with Crippen molar-refractivity contribution in [3.05, 3.63) is 0 Å². The summed E-state index contributed by atoms with van der Waals surface area (Å²) >= 11 is 0. The number of hydrogen-bond donors (Lipinski definition) is 0. The van der Waals surface area contributed by atoms with Gasteiger partial charge in [0.1, 0.15) is 0 Å². The number of unbranched alkanes of at least 4 members (excludes halogenated alkanes) is 2. The van der Waals surface area contributed by atoms with Crippen LogP contribution in [0.15, 0.2) is 0 Å². The predicted molar refractivity (Wildman–Crippen MR) is 68.5 cm³/mol. The summed E-state index contributed by atoms with van der Waals surface area (Å²) in [6, 6.07) is 0. The predicted octanol–water partition coefficient (Wildman–Crippen LogP) is 3.71. The van der Waals surface area contributed by atoms with Crippen LogP contribution in [-0.4, -0.2) is 11.9 Å². The number of esters is 2. The number of hydrogen-bond acceptors (Lipinski definition) is 3. The van der Waals surface area contributed by atoms with Crippen molar-refractivity contribution in [1.82, 2.24) is 0 Å². The molecule has 0 bridgehead atoms. The molecular weight excluding hydrogens is 216 g/mol. The topological polar surface area (TPSA) is 43.4 Å². The summed E-state index contributed by atoms with van der Waals surface area (Å²) in [5.74, 6) is -1.08. The first-order valence-corrected chi connectivity index (χ1v) is 6.78. The lowest BCUT2D eigenvalue weighted by Crippen LogP contribution is -2.23. The Morgan fingerprint density at radius 3 is 1.53 bits per heavy atom. The number of rotatable bonds is 8. The van der Waals surface area contributed by atoms with E-state index in [9.17, 15) is 9.59 Å². The molecule has 0 heterocycles. The minimum atomic E-state index is -0.369.